The van der Waals surface area contributed by atoms with Crippen molar-refractivity contribution in [2.24, 2.45) is 0 Å². The maximum absolute atomic E-state index is 13.1. The van der Waals surface area contributed by atoms with E-state index in [1.54, 1.807) is 44.3 Å². The van der Waals surface area contributed by atoms with E-state index in [0.29, 0.717) is 17.7 Å². The van der Waals surface area contributed by atoms with E-state index >= 15 is 0 Å². The van der Waals surface area contributed by atoms with Gasteiger partial charge in [0.25, 0.3) is 0 Å². The number of carbonyl (C=O) groups is 1. The Morgan fingerprint density at radius 2 is 1.69 bits per heavy atom. The molecule has 242 valence electrons. The zero-order chi connectivity index (χ0) is 32.5. The molecule has 2 aliphatic rings. The summed E-state index contributed by atoms with van der Waals surface area (Å²) < 4.78 is 47.4. The standard InChI is InChI=1S/C31H34F2N2O10/c1-31(2,41)22-9-5-17(14-34-22)19(16-4-8-20(43-30(32)33)21(12-16)42-18-6-7-18)11-15-3-10-23(35-13-15)44-29-26(38)24(36)25(37)27(45-29)28(39)40/h3-5,8-10,12-14,18-19,24-27,29-30,36-38,41H,6-7,11H2,1-2H3,(H,39,40)/t19-,24+,25-,26?,27?,29+/m0/s1. The van der Waals surface area contributed by atoms with Gasteiger partial charge in [-0.15, -0.1) is 0 Å². The molecule has 2 fully saturated rings. The van der Waals surface area contributed by atoms with Crippen LogP contribution in [0.15, 0.2) is 54.9 Å². The Labute approximate surface area is 256 Å². The number of rotatable bonds is 12. The van der Waals surface area contributed by atoms with E-state index in [9.17, 15) is 39.1 Å². The fourth-order valence-electron chi connectivity index (χ4n) is 4.90. The molecule has 6 atom stereocenters. The molecule has 0 amide bonds. The van der Waals surface area contributed by atoms with E-state index in [-0.39, 0.29) is 29.4 Å². The Morgan fingerprint density at radius 1 is 0.956 bits per heavy atom. The number of halogens is 2. The van der Waals surface area contributed by atoms with Gasteiger partial charge < -0.3 is 44.5 Å². The molecule has 3 aromatic rings. The highest BCUT2D eigenvalue weighted by Crippen LogP contribution is 2.39. The zero-order valence-corrected chi connectivity index (χ0v) is 24.4. The van der Waals surface area contributed by atoms with Gasteiger partial charge in [0, 0.05) is 24.4 Å². The first-order valence-electron chi connectivity index (χ1n) is 14.3. The van der Waals surface area contributed by atoms with Crippen molar-refractivity contribution in [1.82, 2.24) is 9.97 Å². The van der Waals surface area contributed by atoms with E-state index in [0.717, 1.165) is 24.0 Å². The molecule has 1 aromatic carbocycles. The fraction of sp³-hybridized carbons (Fsp3) is 0.452. The van der Waals surface area contributed by atoms with Crippen molar-refractivity contribution in [3.8, 4) is 17.4 Å². The monoisotopic (exact) mass is 632 g/mol. The number of aliphatic hydroxyl groups is 4. The number of alkyl halides is 2. The van der Waals surface area contributed by atoms with Crippen LogP contribution in [0, 0.1) is 0 Å². The molecule has 1 saturated heterocycles. The van der Waals surface area contributed by atoms with Gasteiger partial charge in [0.2, 0.25) is 12.2 Å². The average molecular weight is 633 g/mol. The van der Waals surface area contributed by atoms with E-state index in [2.05, 4.69) is 14.7 Å². The van der Waals surface area contributed by atoms with Gasteiger partial charge in [0.05, 0.1) is 11.8 Å². The van der Waals surface area contributed by atoms with Crippen LogP contribution in [-0.2, 0) is 21.6 Å². The predicted molar refractivity (Wildman–Crippen MR) is 151 cm³/mol. The Hall–Kier alpha value is -3.95. The number of hydrogen-bond donors (Lipinski definition) is 5. The van der Waals surface area contributed by atoms with E-state index in [4.69, 9.17) is 14.2 Å². The number of carboxylic acid groups (broad SMARTS) is 1. The molecule has 1 saturated carbocycles. The second kappa shape index (κ2) is 13.2. The number of hydrogen-bond acceptors (Lipinski definition) is 11. The molecule has 0 radical (unpaired) electrons. The third kappa shape index (κ3) is 7.83. The molecule has 1 aliphatic heterocycles. The predicted octanol–water partition coefficient (Wildman–Crippen LogP) is 2.49. The minimum atomic E-state index is -3.03. The van der Waals surface area contributed by atoms with Crippen LogP contribution in [0.3, 0.4) is 0 Å². The van der Waals surface area contributed by atoms with Gasteiger partial charge in [-0.05, 0) is 68.0 Å². The molecule has 2 aromatic heterocycles. The number of benzene rings is 1. The first-order valence-corrected chi connectivity index (χ1v) is 14.3. The van der Waals surface area contributed by atoms with Crippen molar-refractivity contribution in [2.45, 2.75) is 88.1 Å². The second-order valence-electron chi connectivity index (χ2n) is 11.6. The lowest BCUT2D eigenvalue weighted by Gasteiger charge is -2.38. The fourth-order valence-corrected chi connectivity index (χ4v) is 4.90. The summed E-state index contributed by atoms with van der Waals surface area (Å²) in [5.41, 5.74) is 1.48. The number of pyridine rings is 2. The molecule has 1 aliphatic carbocycles. The largest absolute Gasteiger partial charge is 0.487 e. The summed E-state index contributed by atoms with van der Waals surface area (Å²) in [7, 11) is 0. The molecule has 14 heteroatoms. The molecule has 3 heterocycles. The summed E-state index contributed by atoms with van der Waals surface area (Å²) in [5, 5.41) is 49.8. The lowest BCUT2D eigenvalue weighted by Crippen LogP contribution is -2.61. The molecule has 5 rings (SSSR count). The maximum atomic E-state index is 13.1. The van der Waals surface area contributed by atoms with Crippen molar-refractivity contribution in [2.75, 3.05) is 0 Å². The van der Waals surface area contributed by atoms with Crippen LogP contribution < -0.4 is 14.2 Å². The molecular weight excluding hydrogens is 598 g/mol. The minimum Gasteiger partial charge on any atom is -0.487 e. The highest BCUT2D eigenvalue weighted by atomic mass is 19.3. The molecule has 0 spiro atoms. The first kappa shape index (κ1) is 32.4. The van der Waals surface area contributed by atoms with Crippen LogP contribution in [0.1, 0.15) is 55.0 Å². The Bertz CT molecular complexity index is 1460. The van der Waals surface area contributed by atoms with Gasteiger partial charge >= 0.3 is 12.6 Å². The van der Waals surface area contributed by atoms with Crippen LogP contribution in [0.2, 0.25) is 0 Å². The molecule has 5 N–H and O–H groups in total. The Balaban J connectivity index is 1.41. The zero-order valence-electron chi connectivity index (χ0n) is 24.4. The smallest absolute Gasteiger partial charge is 0.387 e. The third-order valence-electron chi connectivity index (χ3n) is 7.51. The van der Waals surface area contributed by atoms with Crippen LogP contribution in [0.5, 0.6) is 17.4 Å². The normalized spacial score (nSPS) is 24.2. The van der Waals surface area contributed by atoms with Crippen molar-refractivity contribution < 1.29 is 58.1 Å². The minimum absolute atomic E-state index is 0.0445. The van der Waals surface area contributed by atoms with Gasteiger partial charge in [-0.25, -0.2) is 9.78 Å². The third-order valence-corrected chi connectivity index (χ3v) is 7.51. The van der Waals surface area contributed by atoms with Crippen LogP contribution in [0.25, 0.3) is 0 Å². The van der Waals surface area contributed by atoms with Crippen molar-refractivity contribution in [3.63, 3.8) is 0 Å². The summed E-state index contributed by atoms with van der Waals surface area (Å²) in [6.45, 7) is 0.210. The van der Waals surface area contributed by atoms with Crippen molar-refractivity contribution in [1.29, 1.82) is 0 Å². The number of aliphatic hydroxyl groups excluding tert-OH is 3. The quantitative estimate of drug-likeness (QED) is 0.197. The van der Waals surface area contributed by atoms with Gasteiger partial charge in [0.15, 0.2) is 17.6 Å². The molecule has 2 unspecified atom stereocenters. The van der Waals surface area contributed by atoms with E-state index < -0.39 is 48.9 Å². The average Bonchev–Trinajstić information content (AvgIpc) is 3.81. The number of carboxylic acids is 1. The number of aromatic nitrogens is 2. The summed E-state index contributed by atoms with van der Waals surface area (Å²) in [6, 6.07) is 11.4. The molecule has 0 bridgehead atoms. The van der Waals surface area contributed by atoms with Crippen LogP contribution in [0.4, 0.5) is 8.78 Å². The topological polar surface area (TPSA) is 181 Å². The van der Waals surface area contributed by atoms with Gasteiger partial charge in [-0.3, -0.25) is 4.98 Å². The van der Waals surface area contributed by atoms with Crippen molar-refractivity contribution >= 4 is 5.97 Å². The maximum Gasteiger partial charge on any atom is 0.387 e. The van der Waals surface area contributed by atoms with Crippen LogP contribution >= 0.6 is 0 Å². The SMILES string of the molecule is CC(C)(O)c1ccc([C@@H](Cc2ccc(O[C@@H]3OC(C(=O)O)[C@@H](O)[C@@H](O)C3O)nc2)c2ccc(OC(F)F)c(OC3CC3)c2)cn1. The van der Waals surface area contributed by atoms with E-state index in [1.165, 1.54) is 18.3 Å². The first-order chi connectivity index (χ1) is 21.3. The number of ether oxygens (including phenoxy) is 4. The highest BCUT2D eigenvalue weighted by Gasteiger charge is 2.48. The van der Waals surface area contributed by atoms with E-state index in [1.807, 2.05) is 6.07 Å². The number of nitrogens with zero attached hydrogens (tertiary/aromatic N) is 2. The summed E-state index contributed by atoms with van der Waals surface area (Å²) in [6.07, 6.45) is -3.85. The lowest BCUT2D eigenvalue weighted by atomic mass is 9.86. The summed E-state index contributed by atoms with van der Waals surface area (Å²) in [4.78, 5) is 20.1. The van der Waals surface area contributed by atoms with Gasteiger partial charge in [0.1, 0.15) is 23.9 Å². The molecular formula is C31H34F2N2O10. The number of aliphatic carboxylic acids is 1. The lowest BCUT2D eigenvalue weighted by molar-refractivity contribution is -0.271. The Kier molecular flexibility index (Phi) is 9.51. The van der Waals surface area contributed by atoms with Gasteiger partial charge in [-0.1, -0.05) is 18.2 Å². The van der Waals surface area contributed by atoms with Crippen molar-refractivity contribution in [3.05, 3.63) is 77.2 Å². The summed E-state index contributed by atoms with van der Waals surface area (Å²) in [5.74, 6) is -1.84. The van der Waals surface area contributed by atoms with Gasteiger partial charge in [-0.2, -0.15) is 8.78 Å². The molecule has 12 nitrogen and oxygen atoms in total. The second-order valence-corrected chi connectivity index (χ2v) is 11.6. The Morgan fingerprint density at radius 3 is 2.27 bits per heavy atom. The highest BCUT2D eigenvalue weighted by molar-refractivity contribution is 5.73. The molecule has 45 heavy (non-hydrogen) atoms. The summed E-state index contributed by atoms with van der Waals surface area (Å²) >= 11 is 0. The van der Waals surface area contributed by atoms with Crippen LogP contribution in [-0.4, -0.2) is 84.9 Å².